The topological polar surface area (TPSA) is 42.0 Å². The van der Waals surface area contributed by atoms with Gasteiger partial charge in [-0.2, -0.15) is 0 Å². The first kappa shape index (κ1) is 18.7. The van der Waals surface area contributed by atoms with E-state index in [1.54, 1.807) is 23.1 Å². The number of nitrogens with zero attached hydrogens (tertiary/aromatic N) is 1. The van der Waals surface area contributed by atoms with Crippen molar-refractivity contribution in [3.8, 4) is 0 Å². The van der Waals surface area contributed by atoms with Crippen molar-refractivity contribution in [3.63, 3.8) is 0 Å². The van der Waals surface area contributed by atoms with Gasteiger partial charge in [0.05, 0.1) is 12.1 Å². The van der Waals surface area contributed by atoms with Crippen molar-refractivity contribution in [3.05, 3.63) is 75.8 Å². The third-order valence-corrected chi connectivity index (χ3v) is 6.18. The van der Waals surface area contributed by atoms with Gasteiger partial charge in [-0.15, -0.1) is 11.3 Å². The number of hydrogen-bond acceptors (Lipinski definition) is 4. The van der Waals surface area contributed by atoms with Crippen LogP contribution < -0.4 is 5.32 Å². The molecule has 3 rings (SSSR count). The second-order valence-electron chi connectivity index (χ2n) is 6.41. The maximum atomic E-state index is 12.2. The van der Waals surface area contributed by atoms with Crippen LogP contribution in [0, 0.1) is 20.8 Å². The van der Waals surface area contributed by atoms with E-state index < -0.39 is 0 Å². The summed E-state index contributed by atoms with van der Waals surface area (Å²) in [5.41, 5.74) is 6.73. The molecule has 0 saturated heterocycles. The molecular formula is C21H22N2OS2. The average Bonchev–Trinajstić information content (AvgIpc) is 3.05. The summed E-state index contributed by atoms with van der Waals surface area (Å²) in [6, 6.07) is 14.3. The van der Waals surface area contributed by atoms with Crippen molar-refractivity contribution in [2.24, 2.45) is 0 Å². The average molecular weight is 383 g/mol. The highest BCUT2D eigenvalue weighted by Gasteiger charge is 2.09. The summed E-state index contributed by atoms with van der Waals surface area (Å²) in [4.78, 5) is 16.8. The lowest BCUT2D eigenvalue weighted by molar-refractivity contribution is -0.115. The predicted molar refractivity (Wildman–Crippen MR) is 111 cm³/mol. The number of nitrogens with one attached hydrogen (secondary N) is 1. The minimum atomic E-state index is -0.0368. The Hall–Kier alpha value is -2.11. The Morgan fingerprint density at radius 3 is 2.58 bits per heavy atom. The number of aryl methyl sites for hydroxylation is 3. The van der Waals surface area contributed by atoms with Gasteiger partial charge in [-0.05, 0) is 44.0 Å². The Bertz CT molecular complexity index is 901. The third-order valence-electron chi connectivity index (χ3n) is 4.06. The summed E-state index contributed by atoms with van der Waals surface area (Å²) in [7, 11) is 0. The number of rotatable bonds is 6. The zero-order chi connectivity index (χ0) is 18.5. The van der Waals surface area contributed by atoms with Crippen LogP contribution in [0.1, 0.15) is 27.9 Å². The molecule has 0 atom stereocenters. The SMILES string of the molecule is Cc1ccc(NC(=O)Cc2csc(SCc3cc(C)ccc3C)n2)cc1. The van der Waals surface area contributed by atoms with Crippen LogP contribution in [0.2, 0.25) is 0 Å². The van der Waals surface area contributed by atoms with Gasteiger partial charge in [0, 0.05) is 16.8 Å². The lowest BCUT2D eigenvalue weighted by Gasteiger charge is -2.05. The number of hydrogen-bond donors (Lipinski definition) is 1. The van der Waals surface area contributed by atoms with E-state index in [2.05, 4.69) is 42.3 Å². The molecule has 134 valence electrons. The quantitative estimate of drug-likeness (QED) is 0.569. The van der Waals surface area contributed by atoms with Crippen LogP contribution in [0.5, 0.6) is 0 Å². The molecule has 0 fully saturated rings. The smallest absolute Gasteiger partial charge is 0.230 e. The number of carbonyl (C=O) groups excluding carboxylic acids is 1. The number of benzene rings is 2. The summed E-state index contributed by atoms with van der Waals surface area (Å²) in [5, 5.41) is 4.89. The highest BCUT2D eigenvalue weighted by atomic mass is 32.2. The predicted octanol–water partition coefficient (Wildman–Crippen LogP) is 5.54. The Labute approximate surface area is 162 Å². The van der Waals surface area contributed by atoms with Crippen molar-refractivity contribution >= 4 is 34.7 Å². The highest BCUT2D eigenvalue weighted by Crippen LogP contribution is 2.28. The van der Waals surface area contributed by atoms with Gasteiger partial charge in [0.2, 0.25) is 5.91 Å². The zero-order valence-electron chi connectivity index (χ0n) is 15.2. The third kappa shape index (κ3) is 5.19. The lowest BCUT2D eigenvalue weighted by atomic mass is 10.1. The van der Waals surface area contributed by atoms with Crippen LogP contribution in [0.4, 0.5) is 5.69 Å². The molecule has 0 aliphatic heterocycles. The summed E-state index contributed by atoms with van der Waals surface area (Å²) >= 11 is 3.33. The first-order valence-electron chi connectivity index (χ1n) is 8.49. The van der Waals surface area contributed by atoms with Gasteiger partial charge in [-0.25, -0.2) is 4.98 Å². The van der Waals surface area contributed by atoms with Crippen LogP contribution in [0.15, 0.2) is 52.2 Å². The molecule has 5 heteroatoms. The van der Waals surface area contributed by atoms with Crippen molar-refractivity contribution in [2.45, 2.75) is 37.3 Å². The first-order chi connectivity index (χ1) is 12.5. The van der Waals surface area contributed by atoms with Crippen LogP contribution >= 0.6 is 23.1 Å². The molecule has 26 heavy (non-hydrogen) atoms. The van der Waals surface area contributed by atoms with Gasteiger partial charge in [-0.3, -0.25) is 4.79 Å². The van der Waals surface area contributed by atoms with Crippen LogP contribution in [0.25, 0.3) is 0 Å². The Balaban J connectivity index is 1.55. The van der Waals surface area contributed by atoms with Gasteiger partial charge >= 0.3 is 0 Å². The van der Waals surface area contributed by atoms with Crippen LogP contribution in [0.3, 0.4) is 0 Å². The molecule has 1 amide bonds. The molecule has 3 aromatic rings. The van der Waals surface area contributed by atoms with Crippen LogP contribution in [-0.4, -0.2) is 10.9 Å². The molecule has 0 aliphatic rings. The first-order valence-corrected chi connectivity index (χ1v) is 10.4. The fourth-order valence-electron chi connectivity index (χ4n) is 2.54. The molecule has 0 radical (unpaired) electrons. The molecule has 0 saturated carbocycles. The van der Waals surface area contributed by atoms with Gasteiger partial charge in [-0.1, -0.05) is 53.2 Å². The molecule has 2 aromatic carbocycles. The minimum Gasteiger partial charge on any atom is -0.326 e. The maximum absolute atomic E-state index is 12.2. The van der Waals surface area contributed by atoms with E-state index in [1.807, 2.05) is 36.6 Å². The monoisotopic (exact) mass is 382 g/mol. The summed E-state index contributed by atoms with van der Waals surface area (Å²) in [6.45, 7) is 6.28. The molecule has 0 spiro atoms. The number of anilines is 1. The molecule has 0 unspecified atom stereocenters. The molecule has 1 heterocycles. The van der Waals surface area contributed by atoms with E-state index >= 15 is 0 Å². The van der Waals surface area contributed by atoms with E-state index in [0.717, 1.165) is 21.5 Å². The van der Waals surface area contributed by atoms with E-state index in [-0.39, 0.29) is 5.91 Å². The number of thioether (sulfide) groups is 1. The van der Waals surface area contributed by atoms with Gasteiger partial charge in [0.1, 0.15) is 4.34 Å². The maximum Gasteiger partial charge on any atom is 0.230 e. The zero-order valence-corrected chi connectivity index (χ0v) is 16.8. The number of amides is 1. The number of carbonyl (C=O) groups is 1. The number of aromatic nitrogens is 1. The fraction of sp³-hybridized carbons (Fsp3) is 0.238. The summed E-state index contributed by atoms with van der Waals surface area (Å²) < 4.78 is 1.00. The Kier molecular flexibility index (Phi) is 6.12. The summed E-state index contributed by atoms with van der Waals surface area (Å²) in [5.74, 6) is 0.862. The van der Waals surface area contributed by atoms with Crippen molar-refractivity contribution in [2.75, 3.05) is 5.32 Å². The molecule has 1 N–H and O–H groups in total. The van der Waals surface area contributed by atoms with Gasteiger partial charge in [0.25, 0.3) is 0 Å². The molecule has 3 nitrogen and oxygen atoms in total. The van der Waals surface area contributed by atoms with Gasteiger partial charge in [0.15, 0.2) is 0 Å². The molecule has 1 aromatic heterocycles. The van der Waals surface area contributed by atoms with E-state index in [1.165, 1.54) is 22.3 Å². The van der Waals surface area contributed by atoms with Crippen molar-refractivity contribution in [1.29, 1.82) is 0 Å². The molecular weight excluding hydrogens is 360 g/mol. The molecule has 0 aliphatic carbocycles. The fourth-order valence-corrected chi connectivity index (χ4v) is 4.45. The van der Waals surface area contributed by atoms with E-state index in [0.29, 0.717) is 6.42 Å². The van der Waals surface area contributed by atoms with Crippen molar-refractivity contribution < 1.29 is 4.79 Å². The summed E-state index contributed by atoms with van der Waals surface area (Å²) in [6.07, 6.45) is 0.300. The van der Waals surface area contributed by atoms with Crippen LogP contribution in [-0.2, 0) is 17.0 Å². The number of thiazole rings is 1. The normalized spacial score (nSPS) is 10.7. The van der Waals surface area contributed by atoms with Gasteiger partial charge < -0.3 is 5.32 Å². The van der Waals surface area contributed by atoms with E-state index in [9.17, 15) is 4.79 Å². The molecule has 0 bridgehead atoms. The van der Waals surface area contributed by atoms with Crippen molar-refractivity contribution in [1.82, 2.24) is 4.98 Å². The second-order valence-corrected chi connectivity index (χ2v) is 8.49. The van der Waals surface area contributed by atoms with E-state index in [4.69, 9.17) is 0 Å². The lowest BCUT2D eigenvalue weighted by Crippen LogP contribution is -2.14. The minimum absolute atomic E-state index is 0.0368. The largest absolute Gasteiger partial charge is 0.326 e. The Morgan fingerprint density at radius 2 is 1.81 bits per heavy atom. The standard InChI is InChI=1S/C21H22N2OS2/c1-14-5-8-18(9-6-14)22-20(24)11-19-13-26-21(23-19)25-12-17-10-15(2)4-7-16(17)3/h4-10,13H,11-12H2,1-3H3,(H,22,24). The Morgan fingerprint density at radius 1 is 1.08 bits per heavy atom. The second kappa shape index (κ2) is 8.52. The highest BCUT2D eigenvalue weighted by molar-refractivity contribution is 8.00.